The van der Waals surface area contributed by atoms with Gasteiger partial charge in [-0.05, 0) is 56.4 Å². The van der Waals surface area contributed by atoms with Crippen molar-refractivity contribution < 1.29 is 4.79 Å². The topological polar surface area (TPSA) is 72.2 Å². The lowest BCUT2D eigenvalue weighted by Crippen LogP contribution is -2.31. The molecule has 1 fully saturated rings. The number of rotatable bonds is 5. The predicted octanol–water partition coefficient (Wildman–Crippen LogP) is 2.00. The molecule has 1 amide bonds. The lowest BCUT2D eigenvalue weighted by molar-refractivity contribution is -0.121. The van der Waals surface area contributed by atoms with E-state index in [2.05, 4.69) is 32.8 Å². The number of fused-ring (bicyclic) bond motifs is 3. The Bertz CT molecular complexity index is 809. The highest BCUT2D eigenvalue weighted by Gasteiger charge is 2.35. The van der Waals surface area contributed by atoms with Crippen LogP contribution in [0.25, 0.3) is 5.65 Å². The Balaban J connectivity index is 1.35. The molecule has 0 aliphatic heterocycles. The monoisotopic (exact) mass is 325 g/mol. The summed E-state index contributed by atoms with van der Waals surface area (Å²) >= 11 is 0. The highest BCUT2D eigenvalue weighted by Crippen LogP contribution is 2.42. The summed E-state index contributed by atoms with van der Waals surface area (Å²) in [7, 11) is 0. The summed E-state index contributed by atoms with van der Waals surface area (Å²) in [4.78, 5) is 12.2. The third-order valence-corrected chi connectivity index (χ3v) is 5.59. The van der Waals surface area contributed by atoms with Gasteiger partial charge in [0, 0.05) is 18.5 Å². The molecule has 0 aromatic carbocycles. The number of hydrogen-bond donors (Lipinski definition) is 1. The van der Waals surface area contributed by atoms with Gasteiger partial charge in [0.25, 0.3) is 0 Å². The molecular weight excluding hydrogens is 302 g/mol. The number of aromatic nitrogens is 4. The molecule has 2 bridgehead atoms. The number of aryl methyl sites for hydroxylation is 2. The van der Waals surface area contributed by atoms with Crippen LogP contribution in [0.2, 0.25) is 0 Å². The highest BCUT2D eigenvalue weighted by molar-refractivity contribution is 5.76. The maximum atomic E-state index is 12.2. The van der Waals surface area contributed by atoms with Crippen molar-refractivity contribution in [3.8, 4) is 0 Å². The number of carbonyl (C=O) groups is 1. The second-order valence-corrected chi connectivity index (χ2v) is 7.13. The summed E-state index contributed by atoms with van der Waals surface area (Å²) in [6.45, 7) is 4.80. The molecule has 0 saturated heterocycles. The summed E-state index contributed by atoms with van der Waals surface area (Å²) in [5.74, 6) is 2.19. The molecule has 6 nitrogen and oxygen atoms in total. The zero-order chi connectivity index (χ0) is 16.7. The van der Waals surface area contributed by atoms with Crippen molar-refractivity contribution in [1.29, 1.82) is 0 Å². The van der Waals surface area contributed by atoms with Crippen molar-refractivity contribution in [2.45, 2.75) is 39.5 Å². The maximum absolute atomic E-state index is 12.2. The standard InChI is InChI=1S/C18H23N5O/c1-11-16(12(2)22-23-10-20-21-18(11)23)5-6-17(24)19-9-15-8-13-3-4-14(15)7-13/h3-4,10,13-15H,5-9H2,1-2H3,(H,19,24)/t13-,14+,15+/m1/s1. The van der Waals surface area contributed by atoms with Gasteiger partial charge < -0.3 is 5.32 Å². The van der Waals surface area contributed by atoms with Gasteiger partial charge >= 0.3 is 0 Å². The minimum Gasteiger partial charge on any atom is -0.356 e. The highest BCUT2D eigenvalue weighted by atomic mass is 16.1. The first-order valence-corrected chi connectivity index (χ1v) is 8.73. The third kappa shape index (κ3) is 2.70. The van der Waals surface area contributed by atoms with Crippen LogP contribution >= 0.6 is 0 Å². The van der Waals surface area contributed by atoms with Crippen LogP contribution in [0.3, 0.4) is 0 Å². The number of nitrogens with zero attached hydrogens (tertiary/aromatic N) is 4. The molecule has 2 aliphatic carbocycles. The number of hydrogen-bond acceptors (Lipinski definition) is 4. The minimum absolute atomic E-state index is 0.127. The summed E-state index contributed by atoms with van der Waals surface area (Å²) < 4.78 is 1.69. The summed E-state index contributed by atoms with van der Waals surface area (Å²) in [6, 6.07) is 0. The van der Waals surface area contributed by atoms with Gasteiger partial charge in [-0.15, -0.1) is 10.2 Å². The van der Waals surface area contributed by atoms with Crippen LogP contribution in [0.15, 0.2) is 18.5 Å². The summed E-state index contributed by atoms with van der Waals surface area (Å²) in [5.41, 5.74) is 3.87. The number of carbonyl (C=O) groups excluding carboxylic acids is 1. The number of nitrogens with one attached hydrogen (secondary N) is 1. The van der Waals surface area contributed by atoms with Gasteiger partial charge in [-0.25, -0.2) is 4.52 Å². The van der Waals surface area contributed by atoms with Crippen molar-refractivity contribution in [2.24, 2.45) is 17.8 Å². The average molecular weight is 325 g/mol. The molecule has 126 valence electrons. The Morgan fingerprint density at radius 3 is 2.96 bits per heavy atom. The fourth-order valence-corrected chi connectivity index (χ4v) is 4.25. The van der Waals surface area contributed by atoms with Crippen LogP contribution in [-0.4, -0.2) is 32.3 Å². The van der Waals surface area contributed by atoms with E-state index in [9.17, 15) is 4.79 Å². The molecule has 1 saturated carbocycles. The molecule has 2 aliphatic rings. The van der Waals surface area contributed by atoms with Gasteiger partial charge in [0.05, 0.1) is 5.69 Å². The van der Waals surface area contributed by atoms with Crippen molar-refractivity contribution in [3.63, 3.8) is 0 Å². The normalized spacial score (nSPS) is 24.8. The largest absolute Gasteiger partial charge is 0.356 e. The Morgan fingerprint density at radius 2 is 2.21 bits per heavy atom. The van der Waals surface area contributed by atoms with Gasteiger partial charge in [0.15, 0.2) is 5.65 Å². The fourth-order valence-electron chi connectivity index (χ4n) is 4.25. The van der Waals surface area contributed by atoms with Crippen molar-refractivity contribution in [3.05, 3.63) is 35.3 Å². The van der Waals surface area contributed by atoms with E-state index in [0.29, 0.717) is 24.7 Å². The van der Waals surface area contributed by atoms with E-state index in [1.54, 1.807) is 10.8 Å². The Labute approximate surface area is 141 Å². The Morgan fingerprint density at radius 1 is 1.33 bits per heavy atom. The second kappa shape index (κ2) is 6.00. The zero-order valence-corrected chi connectivity index (χ0v) is 14.2. The average Bonchev–Trinajstić information content (AvgIpc) is 3.28. The fraction of sp³-hybridized carbons (Fsp3) is 0.556. The number of amides is 1. The maximum Gasteiger partial charge on any atom is 0.220 e. The van der Waals surface area contributed by atoms with Crippen molar-refractivity contribution in [1.82, 2.24) is 25.1 Å². The van der Waals surface area contributed by atoms with E-state index in [1.165, 1.54) is 12.8 Å². The molecular formula is C18H23N5O. The lowest BCUT2D eigenvalue weighted by Gasteiger charge is -2.18. The first-order valence-electron chi connectivity index (χ1n) is 8.73. The molecule has 4 rings (SSSR count). The molecule has 24 heavy (non-hydrogen) atoms. The Kier molecular flexibility index (Phi) is 3.82. The summed E-state index contributed by atoms with van der Waals surface area (Å²) in [6.07, 6.45) is 9.96. The molecule has 0 radical (unpaired) electrons. The molecule has 3 atom stereocenters. The van der Waals surface area contributed by atoms with Gasteiger partial charge in [-0.3, -0.25) is 4.79 Å². The summed E-state index contributed by atoms with van der Waals surface area (Å²) in [5, 5.41) is 15.6. The number of allylic oxidation sites excluding steroid dienone is 2. The second-order valence-electron chi connectivity index (χ2n) is 7.13. The molecule has 0 unspecified atom stereocenters. The molecule has 0 spiro atoms. The molecule has 2 heterocycles. The SMILES string of the molecule is Cc1nn2cnnc2c(C)c1CCC(=O)NC[C@@H]1C[C@@H]2C=C[C@H]1C2. The smallest absolute Gasteiger partial charge is 0.220 e. The van der Waals surface area contributed by atoms with E-state index < -0.39 is 0 Å². The molecule has 2 aromatic rings. The van der Waals surface area contributed by atoms with Gasteiger partial charge in [-0.1, -0.05) is 12.2 Å². The lowest BCUT2D eigenvalue weighted by atomic mass is 9.93. The Hall–Kier alpha value is -2.24. The van der Waals surface area contributed by atoms with Crippen LogP contribution in [0, 0.1) is 31.6 Å². The third-order valence-electron chi connectivity index (χ3n) is 5.59. The molecule has 2 aromatic heterocycles. The van der Waals surface area contributed by atoms with E-state index in [1.807, 2.05) is 13.8 Å². The van der Waals surface area contributed by atoms with Gasteiger partial charge in [-0.2, -0.15) is 5.10 Å². The quantitative estimate of drug-likeness (QED) is 0.854. The molecule has 6 heteroatoms. The van der Waals surface area contributed by atoms with E-state index in [-0.39, 0.29) is 5.91 Å². The van der Waals surface area contributed by atoms with E-state index in [4.69, 9.17) is 0 Å². The van der Waals surface area contributed by atoms with Crippen molar-refractivity contribution >= 4 is 11.6 Å². The molecule has 1 N–H and O–H groups in total. The van der Waals surface area contributed by atoms with E-state index in [0.717, 1.165) is 34.9 Å². The van der Waals surface area contributed by atoms with Crippen LogP contribution in [-0.2, 0) is 11.2 Å². The first-order chi connectivity index (χ1) is 11.6. The van der Waals surface area contributed by atoms with Crippen molar-refractivity contribution in [2.75, 3.05) is 6.54 Å². The zero-order valence-electron chi connectivity index (χ0n) is 14.2. The van der Waals surface area contributed by atoms with Crippen LogP contribution in [0.5, 0.6) is 0 Å². The minimum atomic E-state index is 0.127. The van der Waals surface area contributed by atoms with Gasteiger partial charge in [0.2, 0.25) is 5.91 Å². The van der Waals surface area contributed by atoms with Crippen LogP contribution < -0.4 is 5.32 Å². The predicted molar refractivity (Wildman–Crippen MR) is 90.4 cm³/mol. The van der Waals surface area contributed by atoms with Crippen LogP contribution in [0.4, 0.5) is 0 Å². The van der Waals surface area contributed by atoms with E-state index >= 15 is 0 Å². The van der Waals surface area contributed by atoms with Crippen LogP contribution in [0.1, 0.15) is 36.1 Å². The first kappa shape index (κ1) is 15.3. The van der Waals surface area contributed by atoms with Gasteiger partial charge in [0.1, 0.15) is 6.33 Å².